The molecule has 1 aromatic rings. The molecular weight excluding hydrogens is 302 g/mol. The molecular formula is C12H19NO5S2. The molecule has 0 aliphatic carbocycles. The van der Waals surface area contributed by atoms with Crippen molar-refractivity contribution in [3.05, 3.63) is 23.3 Å². The van der Waals surface area contributed by atoms with Crippen molar-refractivity contribution in [2.75, 3.05) is 18.6 Å². The molecule has 0 saturated heterocycles. The number of hydrogen-bond donors (Lipinski definition) is 1. The van der Waals surface area contributed by atoms with Gasteiger partial charge in [0.15, 0.2) is 0 Å². The summed E-state index contributed by atoms with van der Waals surface area (Å²) in [5.41, 5.74) is 1.29. The third-order valence-corrected chi connectivity index (χ3v) is 4.59. The van der Waals surface area contributed by atoms with E-state index in [1.165, 1.54) is 18.4 Å². The van der Waals surface area contributed by atoms with E-state index in [0.29, 0.717) is 23.3 Å². The minimum absolute atomic E-state index is 0.0379. The first-order valence-corrected chi connectivity index (χ1v) is 9.56. The third kappa shape index (κ3) is 5.10. The van der Waals surface area contributed by atoms with Crippen molar-refractivity contribution in [1.82, 2.24) is 0 Å². The van der Waals surface area contributed by atoms with Crippen molar-refractivity contribution in [2.45, 2.75) is 25.2 Å². The molecule has 0 radical (unpaired) electrons. The van der Waals surface area contributed by atoms with Gasteiger partial charge in [-0.2, -0.15) is 0 Å². The lowest BCUT2D eigenvalue weighted by Crippen LogP contribution is -2.13. The Morgan fingerprint density at radius 1 is 1.10 bits per heavy atom. The van der Waals surface area contributed by atoms with Gasteiger partial charge < -0.3 is 4.74 Å². The number of nitrogens with two attached hydrogens (primary N) is 1. The molecule has 20 heavy (non-hydrogen) atoms. The van der Waals surface area contributed by atoms with Gasteiger partial charge in [-0.1, -0.05) is 0 Å². The molecule has 114 valence electrons. The summed E-state index contributed by atoms with van der Waals surface area (Å²) in [5.74, 6) is 0.617. The fourth-order valence-electron chi connectivity index (χ4n) is 1.80. The molecule has 0 aromatic heterocycles. The van der Waals surface area contributed by atoms with Gasteiger partial charge >= 0.3 is 0 Å². The van der Waals surface area contributed by atoms with Crippen molar-refractivity contribution in [2.24, 2.45) is 5.14 Å². The van der Waals surface area contributed by atoms with E-state index in [-0.39, 0.29) is 17.3 Å². The quantitative estimate of drug-likeness (QED) is 0.779. The molecule has 0 atom stereocenters. The van der Waals surface area contributed by atoms with Crippen LogP contribution in [0.3, 0.4) is 0 Å². The molecule has 8 heteroatoms. The van der Waals surface area contributed by atoms with Crippen LogP contribution in [0.2, 0.25) is 0 Å². The molecule has 0 spiro atoms. The molecule has 0 heterocycles. The number of ether oxygens (including phenoxy) is 1. The van der Waals surface area contributed by atoms with Crippen molar-refractivity contribution in [1.29, 1.82) is 0 Å². The molecule has 0 aliphatic rings. The lowest BCUT2D eigenvalue weighted by molar-refractivity contribution is 0.313. The molecule has 0 bridgehead atoms. The van der Waals surface area contributed by atoms with Crippen LogP contribution >= 0.6 is 0 Å². The first-order chi connectivity index (χ1) is 9.00. The largest absolute Gasteiger partial charge is 0.493 e. The predicted octanol–water partition coefficient (Wildman–Crippen LogP) is 0.764. The SMILES string of the molecule is Cc1cc(S(N)(=O)=O)cc(C)c1OCCCS(C)(=O)=O. The predicted molar refractivity (Wildman–Crippen MR) is 77.1 cm³/mol. The monoisotopic (exact) mass is 321 g/mol. The summed E-state index contributed by atoms with van der Waals surface area (Å²) >= 11 is 0. The molecule has 0 aliphatic heterocycles. The van der Waals surface area contributed by atoms with Gasteiger partial charge in [0.05, 0.1) is 17.3 Å². The molecule has 6 nitrogen and oxygen atoms in total. The Hall–Kier alpha value is -1.12. The minimum Gasteiger partial charge on any atom is -0.493 e. The Bertz CT molecular complexity index is 670. The molecule has 0 amide bonds. The van der Waals surface area contributed by atoms with Crippen molar-refractivity contribution in [3.63, 3.8) is 0 Å². The number of aryl methyl sites for hydroxylation is 2. The highest BCUT2D eigenvalue weighted by molar-refractivity contribution is 7.90. The van der Waals surface area contributed by atoms with Gasteiger partial charge in [0.2, 0.25) is 10.0 Å². The van der Waals surface area contributed by atoms with Crippen LogP contribution in [0.1, 0.15) is 17.5 Å². The Kier molecular flexibility index (Phi) is 5.17. The second kappa shape index (κ2) is 6.11. The van der Waals surface area contributed by atoms with E-state index in [4.69, 9.17) is 9.88 Å². The highest BCUT2D eigenvalue weighted by Crippen LogP contribution is 2.26. The minimum atomic E-state index is -3.74. The number of sulfone groups is 1. The number of hydrogen-bond acceptors (Lipinski definition) is 5. The van der Waals surface area contributed by atoms with Crippen LogP contribution in [0.15, 0.2) is 17.0 Å². The smallest absolute Gasteiger partial charge is 0.238 e. The standard InChI is InChI=1S/C12H19NO5S2/c1-9-7-11(20(13,16)17)8-10(2)12(9)18-5-4-6-19(3,14)15/h7-8H,4-6H2,1-3H3,(H2,13,16,17). The average Bonchev–Trinajstić information content (AvgIpc) is 2.23. The van der Waals surface area contributed by atoms with Crippen LogP contribution in [0.25, 0.3) is 0 Å². The summed E-state index contributed by atoms with van der Waals surface area (Å²) in [7, 11) is -6.74. The lowest BCUT2D eigenvalue weighted by atomic mass is 10.1. The van der Waals surface area contributed by atoms with Crippen LogP contribution in [-0.4, -0.2) is 35.5 Å². The fraction of sp³-hybridized carbons (Fsp3) is 0.500. The zero-order valence-electron chi connectivity index (χ0n) is 11.7. The van der Waals surface area contributed by atoms with Gasteiger partial charge in [0.1, 0.15) is 15.6 Å². The summed E-state index contributed by atoms with van der Waals surface area (Å²) in [4.78, 5) is 0.0379. The first kappa shape index (κ1) is 16.9. The number of benzene rings is 1. The van der Waals surface area contributed by atoms with Gasteiger partial charge in [-0.15, -0.1) is 0 Å². The van der Waals surface area contributed by atoms with E-state index in [1.54, 1.807) is 13.8 Å². The average molecular weight is 321 g/mol. The number of sulfonamides is 1. The van der Waals surface area contributed by atoms with Gasteiger partial charge in [-0.25, -0.2) is 22.0 Å². The molecule has 1 aromatic carbocycles. The van der Waals surface area contributed by atoms with Crippen LogP contribution < -0.4 is 9.88 Å². The van der Waals surface area contributed by atoms with Crippen LogP contribution in [0, 0.1) is 13.8 Å². The number of rotatable bonds is 6. The maximum Gasteiger partial charge on any atom is 0.238 e. The highest BCUT2D eigenvalue weighted by Gasteiger charge is 2.13. The zero-order chi connectivity index (χ0) is 15.6. The van der Waals surface area contributed by atoms with E-state index in [9.17, 15) is 16.8 Å². The normalized spacial score (nSPS) is 12.4. The summed E-state index contributed by atoms with van der Waals surface area (Å²) < 4.78 is 50.1. The Labute approximate surface area is 119 Å². The Balaban J connectivity index is 2.83. The fourth-order valence-corrected chi connectivity index (χ4v) is 3.12. The van der Waals surface area contributed by atoms with Crippen molar-refractivity contribution in [3.8, 4) is 5.75 Å². The maximum absolute atomic E-state index is 11.3. The molecule has 0 unspecified atom stereocenters. The second-order valence-corrected chi connectivity index (χ2v) is 8.58. The zero-order valence-corrected chi connectivity index (χ0v) is 13.3. The third-order valence-electron chi connectivity index (χ3n) is 2.67. The summed E-state index contributed by atoms with van der Waals surface area (Å²) in [6.45, 7) is 3.69. The summed E-state index contributed by atoms with van der Waals surface area (Å²) in [6, 6.07) is 2.88. The molecule has 0 fully saturated rings. The summed E-state index contributed by atoms with van der Waals surface area (Å²) in [5, 5.41) is 5.08. The number of primary sulfonamides is 1. The second-order valence-electron chi connectivity index (χ2n) is 4.76. The molecule has 2 N–H and O–H groups in total. The van der Waals surface area contributed by atoms with E-state index >= 15 is 0 Å². The van der Waals surface area contributed by atoms with Gasteiger partial charge in [-0.3, -0.25) is 0 Å². The Morgan fingerprint density at radius 2 is 1.60 bits per heavy atom. The highest BCUT2D eigenvalue weighted by atomic mass is 32.2. The Morgan fingerprint density at radius 3 is 2.00 bits per heavy atom. The van der Waals surface area contributed by atoms with Crippen LogP contribution in [0.4, 0.5) is 0 Å². The summed E-state index contributed by atoms with van der Waals surface area (Å²) in [6.07, 6.45) is 1.55. The van der Waals surface area contributed by atoms with E-state index in [0.717, 1.165) is 0 Å². The lowest BCUT2D eigenvalue weighted by Gasteiger charge is -2.13. The topological polar surface area (TPSA) is 104 Å². The van der Waals surface area contributed by atoms with Crippen LogP contribution in [0.5, 0.6) is 5.75 Å². The molecule has 1 rings (SSSR count). The van der Waals surface area contributed by atoms with Gasteiger partial charge in [0, 0.05) is 6.26 Å². The maximum atomic E-state index is 11.3. The molecule has 0 saturated carbocycles. The van der Waals surface area contributed by atoms with E-state index < -0.39 is 19.9 Å². The first-order valence-electron chi connectivity index (χ1n) is 5.95. The van der Waals surface area contributed by atoms with E-state index in [2.05, 4.69) is 0 Å². The van der Waals surface area contributed by atoms with Crippen molar-refractivity contribution < 1.29 is 21.6 Å². The van der Waals surface area contributed by atoms with Crippen LogP contribution in [-0.2, 0) is 19.9 Å². The van der Waals surface area contributed by atoms with Gasteiger partial charge in [0.25, 0.3) is 0 Å². The van der Waals surface area contributed by atoms with E-state index in [1.807, 2.05) is 0 Å². The van der Waals surface area contributed by atoms with Gasteiger partial charge in [-0.05, 0) is 43.5 Å². The van der Waals surface area contributed by atoms with Crippen molar-refractivity contribution >= 4 is 19.9 Å².